The number of amides is 2. The Morgan fingerprint density at radius 1 is 0.941 bits per heavy atom. The molecule has 2 heterocycles. The van der Waals surface area contributed by atoms with Crippen LogP contribution in [0.25, 0.3) is 11.1 Å². The molecule has 1 N–H and O–H groups in total. The van der Waals surface area contributed by atoms with E-state index in [1.807, 2.05) is 27.8 Å². The third-order valence-corrected chi connectivity index (χ3v) is 6.83. The lowest BCUT2D eigenvalue weighted by atomic mass is 9.91. The number of benzene rings is 2. The molecule has 3 aromatic rings. The van der Waals surface area contributed by atoms with E-state index in [1.54, 1.807) is 24.4 Å². The summed E-state index contributed by atoms with van der Waals surface area (Å²) < 4.78 is 15.0. The van der Waals surface area contributed by atoms with E-state index in [1.165, 1.54) is 12.1 Å². The molecule has 1 saturated heterocycles. The number of carbonyl (C=O) groups excluding carboxylic acids is 2. The predicted molar refractivity (Wildman–Crippen MR) is 126 cm³/mol. The summed E-state index contributed by atoms with van der Waals surface area (Å²) in [6.07, 6.45) is 7.26. The van der Waals surface area contributed by atoms with Gasteiger partial charge in [0.2, 0.25) is 0 Å². The topological polar surface area (TPSA) is 80.1 Å². The predicted octanol–water partition coefficient (Wildman–Crippen LogP) is 4.23. The van der Waals surface area contributed by atoms with Gasteiger partial charge in [0, 0.05) is 24.7 Å². The molecule has 1 aliphatic carbocycles. The smallest absolute Gasteiger partial charge is 0.276 e. The number of rotatable bonds is 5. The Labute approximate surface area is 198 Å². The third kappa shape index (κ3) is 4.85. The van der Waals surface area contributed by atoms with Crippen LogP contribution < -0.4 is 5.32 Å². The third-order valence-electron chi connectivity index (χ3n) is 6.83. The van der Waals surface area contributed by atoms with Gasteiger partial charge < -0.3 is 10.2 Å². The minimum absolute atomic E-state index is 0.0347. The first kappa shape index (κ1) is 22.3. The quantitative estimate of drug-likeness (QED) is 0.617. The van der Waals surface area contributed by atoms with Gasteiger partial charge >= 0.3 is 0 Å². The van der Waals surface area contributed by atoms with E-state index >= 15 is 0 Å². The molecule has 34 heavy (non-hydrogen) atoms. The lowest BCUT2D eigenvalue weighted by Crippen LogP contribution is -2.38. The monoisotopic (exact) mass is 461 g/mol. The second-order valence-electron chi connectivity index (χ2n) is 9.15. The van der Waals surface area contributed by atoms with Crippen molar-refractivity contribution in [1.82, 2.24) is 25.2 Å². The van der Waals surface area contributed by atoms with Crippen LogP contribution in [0.3, 0.4) is 0 Å². The van der Waals surface area contributed by atoms with E-state index in [9.17, 15) is 14.0 Å². The van der Waals surface area contributed by atoms with Gasteiger partial charge in [-0.1, -0.05) is 29.5 Å². The number of hydrogen-bond acceptors (Lipinski definition) is 4. The van der Waals surface area contributed by atoms with E-state index in [0.717, 1.165) is 62.7 Å². The summed E-state index contributed by atoms with van der Waals surface area (Å²) in [7, 11) is 0. The van der Waals surface area contributed by atoms with Crippen LogP contribution >= 0.6 is 0 Å². The molecule has 5 rings (SSSR count). The number of likely N-dealkylation sites (tertiary alicyclic amines) is 1. The zero-order valence-corrected chi connectivity index (χ0v) is 19.0. The van der Waals surface area contributed by atoms with Crippen LogP contribution in [0.4, 0.5) is 4.39 Å². The van der Waals surface area contributed by atoms with Crippen molar-refractivity contribution < 1.29 is 14.0 Å². The minimum atomic E-state index is -0.284. The molecule has 0 bridgehead atoms. The van der Waals surface area contributed by atoms with E-state index in [-0.39, 0.29) is 29.7 Å². The van der Waals surface area contributed by atoms with Gasteiger partial charge in [-0.3, -0.25) is 9.59 Å². The molecule has 8 heteroatoms. The van der Waals surface area contributed by atoms with Crippen molar-refractivity contribution in [2.45, 2.75) is 50.6 Å². The summed E-state index contributed by atoms with van der Waals surface area (Å²) in [6, 6.07) is 13.9. The molecule has 1 aromatic heterocycles. The van der Waals surface area contributed by atoms with Crippen molar-refractivity contribution in [3.05, 3.63) is 71.8 Å². The van der Waals surface area contributed by atoms with Gasteiger partial charge in [-0.15, -0.1) is 5.10 Å². The summed E-state index contributed by atoms with van der Waals surface area (Å²) in [5.41, 5.74) is 2.75. The fourth-order valence-corrected chi connectivity index (χ4v) is 4.87. The Morgan fingerprint density at radius 3 is 2.41 bits per heavy atom. The number of hydrogen-bond donors (Lipinski definition) is 1. The zero-order chi connectivity index (χ0) is 23.5. The number of carbonyl (C=O) groups is 2. The van der Waals surface area contributed by atoms with Gasteiger partial charge in [0.1, 0.15) is 5.82 Å². The fourth-order valence-electron chi connectivity index (χ4n) is 4.87. The summed E-state index contributed by atoms with van der Waals surface area (Å²) >= 11 is 0. The average Bonchev–Trinajstić information content (AvgIpc) is 3.58. The number of halogens is 1. The summed E-state index contributed by atoms with van der Waals surface area (Å²) in [6.45, 7) is 1.59. The lowest BCUT2D eigenvalue weighted by Gasteiger charge is -2.29. The maximum atomic E-state index is 13.2. The van der Waals surface area contributed by atoms with Crippen LogP contribution in [-0.2, 0) is 0 Å². The normalized spacial score (nSPS) is 20.3. The van der Waals surface area contributed by atoms with Crippen LogP contribution in [0.2, 0.25) is 0 Å². The molecule has 1 saturated carbocycles. The summed E-state index contributed by atoms with van der Waals surface area (Å²) in [5, 5.41) is 11.5. The molecule has 0 atom stereocenters. The van der Waals surface area contributed by atoms with Gasteiger partial charge in [0.15, 0.2) is 5.69 Å². The zero-order valence-electron chi connectivity index (χ0n) is 19.0. The highest BCUT2D eigenvalue weighted by Crippen LogP contribution is 2.28. The van der Waals surface area contributed by atoms with Crippen LogP contribution in [0.15, 0.2) is 54.7 Å². The summed E-state index contributed by atoms with van der Waals surface area (Å²) in [4.78, 5) is 27.2. The van der Waals surface area contributed by atoms with Gasteiger partial charge in [-0.05, 0) is 73.9 Å². The van der Waals surface area contributed by atoms with Crippen molar-refractivity contribution in [3.8, 4) is 11.1 Å². The highest BCUT2D eigenvalue weighted by Gasteiger charge is 2.27. The van der Waals surface area contributed by atoms with E-state index in [0.29, 0.717) is 11.3 Å². The molecule has 2 fully saturated rings. The van der Waals surface area contributed by atoms with Crippen molar-refractivity contribution in [2.75, 3.05) is 13.1 Å². The maximum Gasteiger partial charge on any atom is 0.276 e. The Morgan fingerprint density at radius 2 is 1.68 bits per heavy atom. The molecular formula is C26H28FN5O2. The molecule has 0 spiro atoms. The number of nitrogens with zero attached hydrogens (tertiary/aromatic N) is 4. The van der Waals surface area contributed by atoms with E-state index in [4.69, 9.17) is 0 Å². The van der Waals surface area contributed by atoms with Crippen LogP contribution in [0.5, 0.6) is 0 Å². The van der Waals surface area contributed by atoms with Crippen LogP contribution in [0.1, 0.15) is 65.4 Å². The molecule has 176 valence electrons. The first-order chi connectivity index (χ1) is 16.6. The molecule has 2 aromatic carbocycles. The van der Waals surface area contributed by atoms with Crippen molar-refractivity contribution >= 4 is 11.8 Å². The molecule has 0 radical (unpaired) electrons. The Bertz CT molecular complexity index is 1160. The minimum Gasteiger partial charge on any atom is -0.349 e. The molecule has 7 nitrogen and oxygen atoms in total. The van der Waals surface area contributed by atoms with Crippen molar-refractivity contribution in [1.29, 1.82) is 0 Å². The van der Waals surface area contributed by atoms with Crippen LogP contribution in [0, 0.1) is 5.82 Å². The summed E-state index contributed by atoms with van der Waals surface area (Å²) in [5.74, 6) is -0.423. The van der Waals surface area contributed by atoms with Gasteiger partial charge in [-0.2, -0.15) is 0 Å². The van der Waals surface area contributed by atoms with Gasteiger partial charge in [0.25, 0.3) is 11.8 Å². The molecule has 2 amide bonds. The lowest BCUT2D eigenvalue weighted by molar-refractivity contribution is 0.0786. The first-order valence-corrected chi connectivity index (χ1v) is 11.9. The average molecular weight is 462 g/mol. The Balaban J connectivity index is 1.16. The highest BCUT2D eigenvalue weighted by molar-refractivity contribution is 5.95. The van der Waals surface area contributed by atoms with E-state index in [2.05, 4.69) is 15.6 Å². The standard InChI is InChI=1S/C26H28FN5O2/c27-21-8-6-18(7-9-21)19-4-3-5-20(16-19)25(33)28-22-10-12-23(13-11-22)32-17-24(29-30-32)26(34)31-14-1-2-15-31/h3-9,16-17,22-23H,1-2,10-15H2,(H,28,33). The largest absolute Gasteiger partial charge is 0.349 e. The van der Waals surface area contributed by atoms with Crippen molar-refractivity contribution in [2.24, 2.45) is 0 Å². The number of aromatic nitrogens is 3. The number of nitrogens with one attached hydrogen (secondary N) is 1. The second kappa shape index (κ2) is 9.75. The maximum absolute atomic E-state index is 13.2. The molecule has 2 aliphatic rings. The van der Waals surface area contributed by atoms with Gasteiger partial charge in [0.05, 0.1) is 12.2 Å². The Kier molecular flexibility index (Phi) is 6.38. The SMILES string of the molecule is O=C(NC1CCC(n2cc(C(=O)N3CCCC3)nn2)CC1)c1cccc(-c2ccc(F)cc2)c1. The molecule has 0 unspecified atom stereocenters. The van der Waals surface area contributed by atoms with Crippen LogP contribution in [-0.4, -0.2) is 50.8 Å². The Hall–Kier alpha value is -3.55. The fraction of sp³-hybridized carbons (Fsp3) is 0.385. The second-order valence-corrected chi connectivity index (χ2v) is 9.15. The first-order valence-electron chi connectivity index (χ1n) is 11.9. The highest BCUT2D eigenvalue weighted by atomic mass is 19.1. The van der Waals surface area contributed by atoms with Gasteiger partial charge in [-0.25, -0.2) is 9.07 Å². The molecule has 1 aliphatic heterocycles. The van der Waals surface area contributed by atoms with E-state index < -0.39 is 0 Å². The molecular weight excluding hydrogens is 433 g/mol. The van der Waals surface area contributed by atoms with Crippen molar-refractivity contribution in [3.63, 3.8) is 0 Å².